The number of piperazine rings is 1. The van der Waals surface area contributed by atoms with E-state index >= 15 is 0 Å². The summed E-state index contributed by atoms with van der Waals surface area (Å²) in [6.45, 7) is 4.93. The average molecular weight is 305 g/mol. The van der Waals surface area contributed by atoms with Crippen LogP contribution >= 0.6 is 0 Å². The van der Waals surface area contributed by atoms with Crippen LogP contribution < -0.4 is 10.6 Å². The number of ether oxygens (including phenoxy) is 1. The number of hydrogen-bond acceptors (Lipinski definition) is 7. The molecular weight excluding hydrogens is 286 g/mol. The van der Waals surface area contributed by atoms with E-state index in [1.807, 2.05) is 6.07 Å². The second-order valence-corrected chi connectivity index (χ2v) is 5.23. The van der Waals surface area contributed by atoms with Gasteiger partial charge in [-0.1, -0.05) is 0 Å². The van der Waals surface area contributed by atoms with Crippen molar-refractivity contribution in [3.8, 4) is 0 Å². The molecular formula is C14H19N5O3. The lowest BCUT2D eigenvalue weighted by Crippen LogP contribution is -2.48. The zero-order valence-electron chi connectivity index (χ0n) is 12.5. The lowest BCUT2D eigenvalue weighted by atomic mass is 10.2. The Hall–Kier alpha value is -2.19. The summed E-state index contributed by atoms with van der Waals surface area (Å²) in [5.74, 6) is 0.588. The Morgan fingerprint density at radius 1 is 1.32 bits per heavy atom. The number of aromatic nitrogens is 3. The molecule has 8 nitrogen and oxygen atoms in total. The minimum atomic E-state index is -0.706. The van der Waals surface area contributed by atoms with Crippen molar-refractivity contribution in [3.05, 3.63) is 28.8 Å². The molecule has 22 heavy (non-hydrogen) atoms. The monoisotopic (exact) mass is 305 g/mol. The molecule has 1 aliphatic heterocycles. The maximum atomic E-state index is 11.8. The molecule has 0 bridgehead atoms. The second kappa shape index (κ2) is 6.29. The normalized spacial score (nSPS) is 16.3. The average Bonchev–Trinajstić information content (AvgIpc) is 2.57. The number of methoxy groups -OCH3 is 1. The van der Waals surface area contributed by atoms with Crippen LogP contribution in [0.4, 0.5) is 5.82 Å². The second-order valence-electron chi connectivity index (χ2n) is 5.23. The Labute approximate surface area is 127 Å². The largest absolute Gasteiger partial charge is 0.422 e. The van der Waals surface area contributed by atoms with E-state index in [0.717, 1.165) is 32.7 Å². The smallest absolute Gasteiger partial charge is 0.384 e. The molecule has 1 N–H and O–H groups in total. The molecule has 2 aromatic rings. The van der Waals surface area contributed by atoms with Crippen LogP contribution in [-0.4, -0.2) is 71.2 Å². The van der Waals surface area contributed by atoms with E-state index in [-0.39, 0.29) is 5.65 Å². The fourth-order valence-electron chi connectivity index (χ4n) is 2.67. The Balaban J connectivity index is 1.86. The third-order valence-electron chi connectivity index (χ3n) is 3.89. The summed E-state index contributed by atoms with van der Waals surface area (Å²) in [6, 6.07) is 3.58. The topological polar surface area (TPSA) is 83.7 Å². The maximum Gasteiger partial charge on any atom is 0.384 e. The Morgan fingerprint density at radius 3 is 2.82 bits per heavy atom. The molecule has 1 saturated heterocycles. The van der Waals surface area contributed by atoms with Crippen molar-refractivity contribution in [2.24, 2.45) is 0 Å². The zero-order valence-corrected chi connectivity index (χ0v) is 12.5. The van der Waals surface area contributed by atoms with Gasteiger partial charge in [0.25, 0.3) is 0 Å². The summed E-state index contributed by atoms with van der Waals surface area (Å²) in [4.78, 5) is 24.3. The first-order valence-corrected chi connectivity index (χ1v) is 7.24. The van der Waals surface area contributed by atoms with Crippen LogP contribution in [0, 0.1) is 0 Å². The first-order valence-electron chi connectivity index (χ1n) is 7.24. The lowest BCUT2D eigenvalue weighted by Gasteiger charge is -2.35. The van der Waals surface area contributed by atoms with Crippen molar-refractivity contribution in [2.45, 2.75) is 0 Å². The van der Waals surface area contributed by atoms with Crippen LogP contribution in [0.2, 0.25) is 0 Å². The predicted octanol–water partition coefficient (Wildman–Crippen LogP) is -0.203. The summed E-state index contributed by atoms with van der Waals surface area (Å²) in [5, 5.41) is 10.4. The van der Waals surface area contributed by atoms with Crippen LogP contribution in [-0.2, 0) is 4.74 Å². The maximum absolute atomic E-state index is 11.8. The number of nitrogens with zero attached hydrogens (tertiary/aromatic N) is 5. The lowest BCUT2D eigenvalue weighted by molar-refractivity contribution is 0.144. The van der Waals surface area contributed by atoms with Crippen LogP contribution in [0.5, 0.6) is 0 Å². The molecule has 118 valence electrons. The molecule has 0 unspecified atom stereocenters. The molecule has 0 radical (unpaired) electrons. The van der Waals surface area contributed by atoms with Crippen molar-refractivity contribution >= 4 is 16.9 Å². The molecule has 3 rings (SSSR count). The highest BCUT2D eigenvalue weighted by atomic mass is 16.5. The quantitative estimate of drug-likeness (QED) is 0.783. The van der Waals surface area contributed by atoms with Crippen LogP contribution in [0.15, 0.2) is 23.1 Å². The Morgan fingerprint density at radius 2 is 2.09 bits per heavy atom. The van der Waals surface area contributed by atoms with Gasteiger partial charge in [0.05, 0.1) is 12.0 Å². The molecule has 1 fully saturated rings. The number of fused-ring (bicyclic) bond motifs is 1. The van der Waals surface area contributed by atoms with Crippen LogP contribution in [0.1, 0.15) is 0 Å². The molecule has 0 aliphatic carbocycles. The third-order valence-corrected chi connectivity index (χ3v) is 3.89. The summed E-state index contributed by atoms with van der Waals surface area (Å²) in [6.07, 6.45) is 1.54. The Kier molecular flexibility index (Phi) is 4.21. The van der Waals surface area contributed by atoms with E-state index in [4.69, 9.17) is 4.74 Å². The number of rotatable bonds is 4. The highest BCUT2D eigenvalue weighted by Gasteiger charge is 2.21. The third kappa shape index (κ3) is 2.75. The highest BCUT2D eigenvalue weighted by molar-refractivity contribution is 5.86. The molecule has 3 heterocycles. The molecule has 0 atom stereocenters. The zero-order chi connectivity index (χ0) is 15.5. The van der Waals surface area contributed by atoms with E-state index in [2.05, 4.69) is 19.8 Å². The number of hydrogen-bond donors (Lipinski definition) is 1. The standard InChI is InChI=1S/C14H19N5O3/c1-22-10-9-17-5-7-18(8-6-17)13-11-3-2-4-15-12(11)19(21)14(20)16-13/h2-4,21H,5-10H2,1H3. The highest BCUT2D eigenvalue weighted by Crippen LogP contribution is 2.22. The van der Waals surface area contributed by atoms with E-state index in [1.54, 1.807) is 19.4 Å². The molecule has 0 amide bonds. The van der Waals surface area contributed by atoms with Crippen molar-refractivity contribution in [3.63, 3.8) is 0 Å². The van der Waals surface area contributed by atoms with E-state index in [0.29, 0.717) is 22.5 Å². The first kappa shape index (κ1) is 14.7. The van der Waals surface area contributed by atoms with Crippen molar-refractivity contribution < 1.29 is 9.94 Å². The fraction of sp³-hybridized carbons (Fsp3) is 0.500. The molecule has 2 aromatic heterocycles. The van der Waals surface area contributed by atoms with Gasteiger partial charge in [-0.2, -0.15) is 4.98 Å². The first-order chi connectivity index (χ1) is 10.7. The molecule has 8 heteroatoms. The van der Waals surface area contributed by atoms with Gasteiger partial charge >= 0.3 is 5.69 Å². The van der Waals surface area contributed by atoms with Gasteiger partial charge in [-0.05, 0) is 12.1 Å². The SMILES string of the molecule is COCCN1CCN(c2nc(=O)n(O)c3ncccc23)CC1. The van der Waals surface area contributed by atoms with E-state index < -0.39 is 5.69 Å². The van der Waals surface area contributed by atoms with Crippen LogP contribution in [0.25, 0.3) is 11.0 Å². The van der Waals surface area contributed by atoms with Crippen molar-refractivity contribution in [2.75, 3.05) is 51.3 Å². The fourth-order valence-corrected chi connectivity index (χ4v) is 2.67. The van der Waals surface area contributed by atoms with Gasteiger partial charge in [0.1, 0.15) is 5.82 Å². The van der Waals surface area contributed by atoms with Gasteiger partial charge in [0, 0.05) is 46.0 Å². The molecule has 0 spiro atoms. The number of anilines is 1. The van der Waals surface area contributed by atoms with Crippen molar-refractivity contribution in [1.29, 1.82) is 0 Å². The van der Waals surface area contributed by atoms with E-state index in [1.165, 1.54) is 0 Å². The van der Waals surface area contributed by atoms with E-state index in [9.17, 15) is 10.0 Å². The van der Waals surface area contributed by atoms with Crippen LogP contribution in [0.3, 0.4) is 0 Å². The minimum Gasteiger partial charge on any atom is -0.422 e. The molecule has 0 saturated carbocycles. The summed E-state index contributed by atoms with van der Waals surface area (Å²) < 4.78 is 5.59. The Bertz CT molecular complexity index is 709. The molecule has 1 aliphatic rings. The van der Waals surface area contributed by atoms with Gasteiger partial charge in [-0.15, -0.1) is 4.73 Å². The summed E-state index contributed by atoms with van der Waals surface area (Å²) in [7, 11) is 1.70. The van der Waals surface area contributed by atoms with Gasteiger partial charge in [0.2, 0.25) is 0 Å². The van der Waals surface area contributed by atoms with Gasteiger partial charge in [-0.3, -0.25) is 4.90 Å². The van der Waals surface area contributed by atoms with Gasteiger partial charge < -0.3 is 14.8 Å². The van der Waals surface area contributed by atoms with Gasteiger partial charge in [0.15, 0.2) is 5.65 Å². The summed E-state index contributed by atoms with van der Waals surface area (Å²) in [5.41, 5.74) is -0.470. The number of pyridine rings is 1. The van der Waals surface area contributed by atoms with Gasteiger partial charge in [-0.25, -0.2) is 9.78 Å². The summed E-state index contributed by atoms with van der Waals surface area (Å²) >= 11 is 0. The minimum absolute atomic E-state index is 0.235. The van der Waals surface area contributed by atoms with Crippen molar-refractivity contribution in [1.82, 2.24) is 19.6 Å². The predicted molar refractivity (Wildman–Crippen MR) is 81.5 cm³/mol. The molecule has 0 aromatic carbocycles.